The van der Waals surface area contributed by atoms with Crippen molar-refractivity contribution in [1.82, 2.24) is 0 Å². The number of benzene rings is 10. The number of carbonyl (C=O) groups is 5. The van der Waals surface area contributed by atoms with Crippen molar-refractivity contribution in [2.24, 2.45) is 0 Å². The fourth-order valence-electron chi connectivity index (χ4n) is 10.6. The highest BCUT2D eigenvalue weighted by Gasteiger charge is 2.20. The Kier molecular flexibility index (Phi) is 34.7. The van der Waals surface area contributed by atoms with Crippen LogP contribution in [0.4, 0.5) is 0 Å². The fourth-order valence-corrected chi connectivity index (χ4v) is 10.6. The maximum absolute atomic E-state index is 12.4. The lowest BCUT2D eigenvalue weighted by Crippen LogP contribution is -2.02. The summed E-state index contributed by atoms with van der Waals surface area (Å²) in [5.41, 5.74) is 3.52. The number of ether oxygens (including phenoxy) is 4. The van der Waals surface area contributed by atoms with Gasteiger partial charge in [-0.25, -0.2) is 0 Å². The lowest BCUT2D eigenvalue weighted by Gasteiger charge is -2.09. The summed E-state index contributed by atoms with van der Waals surface area (Å²) in [6, 6.07) is 64.4. The van der Waals surface area contributed by atoms with Crippen LogP contribution in [0.25, 0.3) is 0 Å². The molecular weight excluding hydrogens is 1300 g/mol. The largest absolute Gasteiger partial charge is 0.508 e. The van der Waals surface area contributed by atoms with Gasteiger partial charge in [-0.1, -0.05) is 237 Å². The van der Waals surface area contributed by atoms with Crippen LogP contribution in [-0.2, 0) is 0 Å². The number of ketones is 5. The van der Waals surface area contributed by atoms with Crippen LogP contribution in [0.5, 0.6) is 63.2 Å². The van der Waals surface area contributed by atoms with Crippen LogP contribution < -0.4 is 18.9 Å². The number of phenolic OH excluding ortho intramolecular Hbond substituents is 7. The third kappa shape index (κ3) is 26.8. The van der Waals surface area contributed by atoms with Crippen molar-refractivity contribution in [3.8, 4) is 63.2 Å². The third-order valence-corrected chi connectivity index (χ3v) is 16.4. The average molecular weight is 1400 g/mol. The molecule has 10 rings (SSSR count). The average Bonchev–Trinajstić information content (AvgIpc) is 0.855. The van der Waals surface area contributed by atoms with E-state index in [1.54, 1.807) is 127 Å². The van der Waals surface area contributed by atoms with Gasteiger partial charge in [0.1, 0.15) is 63.2 Å². The van der Waals surface area contributed by atoms with Gasteiger partial charge < -0.3 is 54.7 Å². The first-order valence-electron chi connectivity index (χ1n) is 34.9. The van der Waals surface area contributed by atoms with Gasteiger partial charge in [0.25, 0.3) is 0 Å². The van der Waals surface area contributed by atoms with Crippen molar-refractivity contribution < 1.29 is 78.7 Å². The zero-order chi connectivity index (χ0) is 74.1. The summed E-state index contributed by atoms with van der Waals surface area (Å²) in [7, 11) is 2.98. The Hall–Kier alpha value is -11.7. The standard InChI is InChI=1S/C25H34O3.C21H26O3.C14H12O4.C14H12O3.C13H10O3/c1-2-3-4-5-6-7-8-9-10-14-19-28-22-17-18-23(24(26)20-22)25(27)21-15-12-11-13-16-21;1-2-3-4-5-6-10-15-24-18-13-14-19(20(22)16-18)21(23)17-11-8-7-9-12-17;1-18-9-6-7-11(13(16)8-9)14(17)10-4-2-3-5-12(10)15;1-17-11-7-8-12(13(15)9-11)14(16)10-5-3-2-4-6-10;14-10-6-7-11(12(15)8-10)13(16)9-4-2-1-3-5-9/h11-13,15-18,20,26H,2-10,14,19H2,1H3;7-9,11-14,16,22H,2-6,10,15H2,1H3;2-8,15-16H,1H3;2-9,15H,1H3;1-8,14-15H. The molecule has 0 aliphatic rings. The van der Waals surface area contributed by atoms with E-state index >= 15 is 0 Å². The Labute approximate surface area is 604 Å². The molecule has 0 bridgehead atoms. The van der Waals surface area contributed by atoms with E-state index in [4.69, 9.17) is 24.1 Å². The summed E-state index contributed by atoms with van der Waals surface area (Å²) in [5, 5.41) is 68.1. The summed E-state index contributed by atoms with van der Waals surface area (Å²) in [6.45, 7) is 5.74. The highest BCUT2D eigenvalue weighted by atomic mass is 16.5. The lowest BCUT2D eigenvalue weighted by molar-refractivity contribution is 0.102. The first-order valence-corrected chi connectivity index (χ1v) is 34.9. The van der Waals surface area contributed by atoms with Gasteiger partial charge in [-0.15, -0.1) is 0 Å². The minimum atomic E-state index is -0.437. The minimum Gasteiger partial charge on any atom is -0.508 e. The van der Waals surface area contributed by atoms with Gasteiger partial charge in [-0.05, 0) is 85.6 Å². The molecule has 0 aliphatic heterocycles. The number of phenols is 7. The minimum absolute atomic E-state index is 0.0329. The quantitative estimate of drug-likeness (QED) is 0.0153. The first kappa shape index (κ1) is 80.3. The summed E-state index contributed by atoms with van der Waals surface area (Å²) in [5.74, 6) is 0.206. The summed E-state index contributed by atoms with van der Waals surface area (Å²) in [4.78, 5) is 60.9. The topological polar surface area (TPSA) is 264 Å². The lowest BCUT2D eigenvalue weighted by atomic mass is 10.0. The second-order valence-electron chi connectivity index (χ2n) is 24.1. The Morgan fingerprint density at radius 2 is 0.505 bits per heavy atom. The highest BCUT2D eigenvalue weighted by Crippen LogP contribution is 2.32. The van der Waals surface area contributed by atoms with Crippen LogP contribution in [0.2, 0.25) is 0 Å². The smallest absolute Gasteiger partial charge is 0.200 e. The number of para-hydroxylation sites is 1. The first-order chi connectivity index (χ1) is 50.0. The molecule has 16 nitrogen and oxygen atoms in total. The van der Waals surface area contributed by atoms with E-state index in [0.717, 1.165) is 25.3 Å². The van der Waals surface area contributed by atoms with E-state index in [9.17, 15) is 54.6 Å². The predicted octanol–water partition coefficient (Wildman–Crippen LogP) is 19.6. The Balaban J connectivity index is 0.000000205. The Morgan fingerprint density at radius 1 is 0.252 bits per heavy atom. The van der Waals surface area contributed by atoms with Crippen molar-refractivity contribution in [2.45, 2.75) is 117 Å². The number of rotatable bonds is 32. The third-order valence-electron chi connectivity index (χ3n) is 16.4. The van der Waals surface area contributed by atoms with E-state index in [-0.39, 0.29) is 85.6 Å². The monoisotopic (exact) mass is 1390 g/mol. The Bertz CT molecular complexity index is 4230. The molecule has 0 fully saturated rings. The number of unbranched alkanes of at least 4 members (excludes halogenated alkanes) is 14. The highest BCUT2D eigenvalue weighted by molar-refractivity contribution is 6.13. The van der Waals surface area contributed by atoms with Gasteiger partial charge in [0.05, 0.1) is 60.8 Å². The van der Waals surface area contributed by atoms with Crippen molar-refractivity contribution in [3.63, 3.8) is 0 Å². The van der Waals surface area contributed by atoms with Gasteiger partial charge in [0.2, 0.25) is 0 Å². The van der Waals surface area contributed by atoms with Gasteiger partial charge in [-0.2, -0.15) is 0 Å². The predicted molar refractivity (Wildman–Crippen MR) is 403 cm³/mol. The SMILES string of the molecule is CCCCCCCCCCCCOc1ccc(C(=O)c2ccccc2)c(O)c1.CCCCCCCCOc1ccc(C(=O)c2ccccc2)c(O)c1.COc1ccc(C(=O)c2ccccc2)c(O)c1.COc1ccc(C(=O)c2ccccc2O)c(O)c1.O=C(c1ccccc1)c1ccc(O)cc1O. The normalized spacial score (nSPS) is 10.3. The molecular formula is C87H94O16. The molecule has 10 aromatic rings. The molecule has 0 heterocycles. The molecule has 7 N–H and O–H groups in total. The van der Waals surface area contributed by atoms with E-state index < -0.39 is 5.78 Å². The molecule has 538 valence electrons. The number of hydrogen-bond acceptors (Lipinski definition) is 16. The molecule has 0 radical (unpaired) electrons. The summed E-state index contributed by atoms with van der Waals surface area (Å²) in [6.07, 6.45) is 20.2. The molecule has 0 atom stereocenters. The van der Waals surface area contributed by atoms with Crippen LogP contribution in [0, 0.1) is 0 Å². The number of aromatic hydroxyl groups is 7. The van der Waals surface area contributed by atoms with Crippen molar-refractivity contribution in [3.05, 3.63) is 292 Å². The molecule has 0 spiro atoms. The molecule has 0 amide bonds. The Morgan fingerprint density at radius 3 is 0.806 bits per heavy atom. The maximum Gasteiger partial charge on any atom is 0.200 e. The zero-order valence-corrected chi connectivity index (χ0v) is 59.0. The second-order valence-corrected chi connectivity index (χ2v) is 24.1. The zero-order valence-electron chi connectivity index (χ0n) is 59.0. The van der Waals surface area contributed by atoms with Gasteiger partial charge in [0.15, 0.2) is 28.9 Å². The number of methoxy groups -OCH3 is 2. The van der Waals surface area contributed by atoms with Crippen molar-refractivity contribution >= 4 is 28.9 Å². The molecule has 0 saturated carbocycles. The molecule has 0 saturated heterocycles. The number of hydrogen-bond donors (Lipinski definition) is 7. The van der Waals surface area contributed by atoms with Crippen LogP contribution in [0.1, 0.15) is 196 Å². The van der Waals surface area contributed by atoms with E-state index in [2.05, 4.69) is 13.8 Å². The van der Waals surface area contributed by atoms with E-state index in [1.807, 2.05) is 48.5 Å². The van der Waals surface area contributed by atoms with Crippen LogP contribution in [0.15, 0.2) is 237 Å². The van der Waals surface area contributed by atoms with Gasteiger partial charge in [0, 0.05) is 52.6 Å². The second kappa shape index (κ2) is 44.5. The van der Waals surface area contributed by atoms with Crippen LogP contribution >= 0.6 is 0 Å². The van der Waals surface area contributed by atoms with Crippen LogP contribution in [-0.4, -0.2) is 92.1 Å². The van der Waals surface area contributed by atoms with Crippen molar-refractivity contribution in [2.75, 3.05) is 27.4 Å². The maximum atomic E-state index is 12.4. The molecule has 0 aliphatic carbocycles. The molecule has 16 heteroatoms. The molecule has 0 aromatic heterocycles. The molecule has 10 aromatic carbocycles. The van der Waals surface area contributed by atoms with E-state index in [0.29, 0.717) is 69.6 Å². The van der Waals surface area contributed by atoms with Gasteiger partial charge >= 0.3 is 0 Å². The van der Waals surface area contributed by atoms with E-state index in [1.165, 1.54) is 152 Å². The van der Waals surface area contributed by atoms with Crippen LogP contribution in [0.3, 0.4) is 0 Å². The molecule has 0 unspecified atom stereocenters. The molecule has 103 heavy (non-hydrogen) atoms. The number of carbonyl (C=O) groups excluding carboxylic acids is 5. The van der Waals surface area contributed by atoms with Crippen molar-refractivity contribution in [1.29, 1.82) is 0 Å². The summed E-state index contributed by atoms with van der Waals surface area (Å²) < 4.78 is 21.3. The fraction of sp³-hybridized carbons (Fsp3) is 0.253. The van der Waals surface area contributed by atoms with Gasteiger partial charge in [-0.3, -0.25) is 24.0 Å². The summed E-state index contributed by atoms with van der Waals surface area (Å²) >= 11 is 0.